The summed E-state index contributed by atoms with van der Waals surface area (Å²) in [5, 5.41) is 15.3. The molecule has 2 N–H and O–H groups in total. The van der Waals surface area contributed by atoms with E-state index >= 15 is 0 Å². The summed E-state index contributed by atoms with van der Waals surface area (Å²) in [5.74, 6) is 0.445. The number of benzene rings is 1. The zero-order valence-corrected chi connectivity index (χ0v) is 22.5. The Hall–Kier alpha value is -4.72. The van der Waals surface area contributed by atoms with E-state index in [0.717, 1.165) is 60.4 Å². The van der Waals surface area contributed by atoms with Gasteiger partial charge in [0.2, 0.25) is 11.8 Å². The van der Waals surface area contributed by atoms with Gasteiger partial charge < -0.3 is 10.6 Å². The molecule has 0 bridgehead atoms. The van der Waals surface area contributed by atoms with E-state index in [1.165, 1.54) is 4.52 Å². The predicted octanol–water partition coefficient (Wildman–Crippen LogP) is 1.98. The van der Waals surface area contributed by atoms with Crippen LogP contribution in [0.5, 0.6) is 0 Å². The predicted molar refractivity (Wildman–Crippen MR) is 148 cm³/mol. The van der Waals surface area contributed by atoms with Crippen molar-refractivity contribution >= 4 is 39.2 Å². The third-order valence-corrected chi connectivity index (χ3v) is 7.63. The molecule has 5 aromatic heterocycles. The van der Waals surface area contributed by atoms with Gasteiger partial charge in [-0.25, -0.2) is 19.0 Å². The van der Waals surface area contributed by atoms with E-state index in [1.807, 2.05) is 31.6 Å². The first-order valence-corrected chi connectivity index (χ1v) is 13.1. The van der Waals surface area contributed by atoms with Gasteiger partial charge in [0.15, 0.2) is 11.3 Å². The van der Waals surface area contributed by atoms with Gasteiger partial charge in [0, 0.05) is 63.6 Å². The zero-order chi connectivity index (χ0) is 27.5. The largest absolute Gasteiger partial charge is 0.368 e. The van der Waals surface area contributed by atoms with Crippen molar-refractivity contribution in [2.45, 2.75) is 20.4 Å². The fourth-order valence-electron chi connectivity index (χ4n) is 5.48. The van der Waals surface area contributed by atoms with Crippen LogP contribution < -0.4 is 10.6 Å². The zero-order valence-electron chi connectivity index (χ0n) is 22.5. The van der Waals surface area contributed by atoms with Gasteiger partial charge >= 0.3 is 0 Å². The summed E-state index contributed by atoms with van der Waals surface area (Å²) in [5.41, 5.74) is 11.2. The maximum atomic E-state index is 15.0. The highest BCUT2D eigenvalue weighted by Crippen LogP contribution is 2.29. The van der Waals surface area contributed by atoms with Crippen molar-refractivity contribution in [1.29, 1.82) is 0 Å². The first-order chi connectivity index (χ1) is 19.4. The van der Waals surface area contributed by atoms with E-state index in [-0.39, 0.29) is 11.8 Å². The Morgan fingerprint density at radius 2 is 1.70 bits per heavy atom. The number of fused-ring (bicyclic) bond motifs is 4. The van der Waals surface area contributed by atoms with Gasteiger partial charge in [0.05, 0.1) is 40.7 Å². The highest BCUT2D eigenvalue weighted by molar-refractivity contribution is 5.90. The molecule has 1 aliphatic rings. The molecular weight excluding hydrogens is 513 g/mol. The van der Waals surface area contributed by atoms with Crippen molar-refractivity contribution in [2.24, 2.45) is 7.05 Å². The normalized spacial score (nSPS) is 14.8. The van der Waals surface area contributed by atoms with Gasteiger partial charge in [0.1, 0.15) is 11.5 Å². The van der Waals surface area contributed by atoms with E-state index in [0.29, 0.717) is 35.0 Å². The van der Waals surface area contributed by atoms with Gasteiger partial charge in [-0.2, -0.15) is 19.7 Å². The molecular formula is C26H28FN13. The number of hydrogen-bond acceptors (Lipinski definition) is 10. The van der Waals surface area contributed by atoms with E-state index in [2.05, 4.69) is 40.0 Å². The van der Waals surface area contributed by atoms with Crippen LogP contribution in [0.3, 0.4) is 0 Å². The molecule has 0 unspecified atom stereocenters. The smallest absolute Gasteiger partial charge is 0.225 e. The van der Waals surface area contributed by atoms with E-state index in [4.69, 9.17) is 10.7 Å². The minimum absolute atomic E-state index is 0.215. The van der Waals surface area contributed by atoms with Crippen LogP contribution in [-0.2, 0) is 13.6 Å². The average molecular weight is 542 g/mol. The monoisotopic (exact) mass is 541 g/mol. The molecule has 40 heavy (non-hydrogen) atoms. The number of aryl methyl sites for hydroxylation is 3. The lowest BCUT2D eigenvalue weighted by atomic mass is 10.1. The van der Waals surface area contributed by atoms with Gasteiger partial charge in [0.25, 0.3) is 0 Å². The molecule has 14 heteroatoms. The molecule has 7 rings (SSSR count). The SMILES string of the molecule is Cc1nccnc1-c1nc2c3cnn(CCN4CCN(c5cc6c(C)nn(C)c6cc5F)CC4)c3nc(N)n2n1. The van der Waals surface area contributed by atoms with E-state index in [1.54, 1.807) is 29.3 Å². The maximum absolute atomic E-state index is 15.0. The maximum Gasteiger partial charge on any atom is 0.225 e. The van der Waals surface area contributed by atoms with E-state index < -0.39 is 0 Å². The number of piperazine rings is 1. The molecule has 204 valence electrons. The second-order valence-electron chi connectivity index (χ2n) is 10.1. The second kappa shape index (κ2) is 9.19. The fraction of sp³-hybridized carbons (Fsp3) is 0.346. The molecule has 0 spiro atoms. The van der Waals surface area contributed by atoms with Crippen LogP contribution in [0.15, 0.2) is 30.7 Å². The summed E-state index contributed by atoms with van der Waals surface area (Å²) in [6, 6.07) is 3.51. The van der Waals surface area contributed by atoms with Crippen LogP contribution in [0.25, 0.3) is 39.1 Å². The molecule has 0 atom stereocenters. The number of aromatic nitrogens is 10. The molecule has 1 fully saturated rings. The highest BCUT2D eigenvalue weighted by atomic mass is 19.1. The summed E-state index contributed by atoms with van der Waals surface area (Å²) < 4.78 is 20.1. The van der Waals surface area contributed by atoms with Crippen molar-refractivity contribution in [1.82, 2.24) is 54.0 Å². The van der Waals surface area contributed by atoms with Crippen molar-refractivity contribution < 1.29 is 4.39 Å². The summed E-state index contributed by atoms with van der Waals surface area (Å²) in [7, 11) is 1.84. The number of nitrogens with zero attached hydrogens (tertiary/aromatic N) is 12. The van der Waals surface area contributed by atoms with Gasteiger partial charge in [-0.1, -0.05) is 0 Å². The summed E-state index contributed by atoms with van der Waals surface area (Å²) in [6.45, 7) is 8.31. The molecule has 0 aliphatic carbocycles. The van der Waals surface area contributed by atoms with Crippen LogP contribution in [0.2, 0.25) is 0 Å². The molecule has 6 heterocycles. The Morgan fingerprint density at radius 3 is 2.50 bits per heavy atom. The number of nitrogens with two attached hydrogens (primary N) is 1. The Kier molecular flexibility index (Phi) is 5.59. The summed E-state index contributed by atoms with van der Waals surface area (Å²) in [6.07, 6.45) is 4.99. The average Bonchev–Trinajstić information content (AvgIpc) is 3.64. The lowest BCUT2D eigenvalue weighted by molar-refractivity contribution is 0.245. The van der Waals surface area contributed by atoms with Crippen LogP contribution in [0.4, 0.5) is 16.0 Å². The van der Waals surface area contributed by atoms with Crippen LogP contribution >= 0.6 is 0 Å². The topological polar surface area (TPSA) is 137 Å². The van der Waals surface area contributed by atoms with Crippen molar-refractivity contribution in [3.05, 3.63) is 47.9 Å². The van der Waals surface area contributed by atoms with Gasteiger partial charge in [-0.3, -0.25) is 14.6 Å². The first kappa shape index (κ1) is 24.3. The van der Waals surface area contributed by atoms with Crippen molar-refractivity contribution in [3.63, 3.8) is 0 Å². The molecule has 1 aliphatic heterocycles. The Bertz CT molecular complexity index is 1890. The molecule has 0 radical (unpaired) electrons. The Labute approximate surface area is 228 Å². The van der Waals surface area contributed by atoms with Crippen LogP contribution in [0.1, 0.15) is 11.4 Å². The van der Waals surface area contributed by atoms with Crippen molar-refractivity contribution in [2.75, 3.05) is 43.4 Å². The first-order valence-electron chi connectivity index (χ1n) is 13.1. The van der Waals surface area contributed by atoms with Gasteiger partial charge in [-0.05, 0) is 19.9 Å². The van der Waals surface area contributed by atoms with Crippen LogP contribution in [-0.4, -0.2) is 86.7 Å². The second-order valence-corrected chi connectivity index (χ2v) is 10.1. The number of anilines is 2. The Morgan fingerprint density at radius 1 is 0.900 bits per heavy atom. The molecule has 0 amide bonds. The minimum atomic E-state index is -0.215. The third kappa shape index (κ3) is 3.90. The van der Waals surface area contributed by atoms with Crippen molar-refractivity contribution in [3.8, 4) is 11.5 Å². The third-order valence-electron chi connectivity index (χ3n) is 7.63. The molecule has 1 aromatic carbocycles. The number of rotatable bonds is 5. The Balaban J connectivity index is 1.07. The quantitative estimate of drug-likeness (QED) is 0.345. The number of hydrogen-bond donors (Lipinski definition) is 1. The van der Waals surface area contributed by atoms with Gasteiger partial charge in [-0.15, -0.1) is 5.10 Å². The number of halogens is 1. The molecule has 6 aromatic rings. The summed E-state index contributed by atoms with van der Waals surface area (Å²) in [4.78, 5) is 22.4. The standard InChI is InChI=1S/C26H28FN13/c1-15-17-12-21(19(27)13-20(17)36(3)34-15)38-9-6-37(7-10-38)8-11-39-24-18(14-31-39)25-32-23(35-40(25)26(28)33-24)22-16(2)29-4-5-30-22/h4-5,12-14H,6-11H2,1-3H3,(H2,28,33). The van der Waals surface area contributed by atoms with Crippen LogP contribution in [0, 0.1) is 19.7 Å². The minimum Gasteiger partial charge on any atom is -0.368 e. The number of nitrogen functional groups attached to an aromatic ring is 1. The summed E-state index contributed by atoms with van der Waals surface area (Å²) >= 11 is 0. The lowest BCUT2D eigenvalue weighted by Gasteiger charge is -2.36. The fourth-order valence-corrected chi connectivity index (χ4v) is 5.48. The molecule has 13 nitrogen and oxygen atoms in total. The molecule has 0 saturated carbocycles. The highest BCUT2D eigenvalue weighted by Gasteiger charge is 2.22. The lowest BCUT2D eigenvalue weighted by Crippen LogP contribution is -2.47. The van der Waals surface area contributed by atoms with E-state index in [9.17, 15) is 4.39 Å². The molecule has 1 saturated heterocycles.